The fourth-order valence-corrected chi connectivity index (χ4v) is 1.90. The molecule has 0 radical (unpaired) electrons. The minimum absolute atomic E-state index is 0.852. The first-order valence-corrected chi connectivity index (χ1v) is 6.25. The number of hydrogen-bond donors (Lipinski definition) is 2. The van der Waals surface area contributed by atoms with Crippen LogP contribution in [-0.4, -0.2) is 13.1 Å². The monoisotopic (exact) mass is 200 g/mol. The Labute approximate surface area is 89.4 Å². The SMILES string of the molecule is CCC(CCN)CCCCCCCN. The molecule has 0 heterocycles. The molecule has 0 bridgehead atoms. The van der Waals surface area contributed by atoms with Gasteiger partial charge in [-0.1, -0.05) is 45.4 Å². The largest absolute Gasteiger partial charge is 0.330 e. The summed E-state index contributed by atoms with van der Waals surface area (Å²) in [5.41, 5.74) is 11.0. The second-order valence-electron chi connectivity index (χ2n) is 4.20. The van der Waals surface area contributed by atoms with Crippen molar-refractivity contribution in [3.63, 3.8) is 0 Å². The van der Waals surface area contributed by atoms with Gasteiger partial charge in [-0.15, -0.1) is 0 Å². The Morgan fingerprint density at radius 3 is 2.00 bits per heavy atom. The second-order valence-corrected chi connectivity index (χ2v) is 4.20. The molecule has 2 heteroatoms. The van der Waals surface area contributed by atoms with Crippen LogP contribution in [0.1, 0.15) is 58.3 Å². The van der Waals surface area contributed by atoms with E-state index in [0.717, 1.165) is 19.0 Å². The van der Waals surface area contributed by atoms with E-state index in [1.807, 2.05) is 0 Å². The first kappa shape index (κ1) is 13.9. The summed E-state index contributed by atoms with van der Waals surface area (Å²) in [6, 6.07) is 0. The van der Waals surface area contributed by atoms with Crippen molar-refractivity contribution in [1.29, 1.82) is 0 Å². The van der Waals surface area contributed by atoms with E-state index in [-0.39, 0.29) is 0 Å². The second kappa shape index (κ2) is 11.0. The average molecular weight is 200 g/mol. The Balaban J connectivity index is 3.15. The third-order valence-corrected chi connectivity index (χ3v) is 2.97. The normalized spacial score (nSPS) is 13.1. The van der Waals surface area contributed by atoms with Gasteiger partial charge in [-0.25, -0.2) is 0 Å². The van der Waals surface area contributed by atoms with E-state index in [1.54, 1.807) is 0 Å². The molecule has 0 spiro atoms. The zero-order valence-electron chi connectivity index (χ0n) is 9.80. The van der Waals surface area contributed by atoms with Gasteiger partial charge < -0.3 is 11.5 Å². The zero-order valence-corrected chi connectivity index (χ0v) is 9.80. The molecule has 0 aliphatic heterocycles. The number of unbranched alkanes of at least 4 members (excludes halogenated alkanes) is 4. The minimum atomic E-state index is 0.852. The van der Waals surface area contributed by atoms with Crippen molar-refractivity contribution in [3.05, 3.63) is 0 Å². The smallest absolute Gasteiger partial charge is 0.00746 e. The van der Waals surface area contributed by atoms with Crippen molar-refractivity contribution < 1.29 is 0 Å². The number of nitrogens with two attached hydrogens (primary N) is 2. The molecular weight excluding hydrogens is 172 g/mol. The molecule has 4 N–H and O–H groups in total. The highest BCUT2D eigenvalue weighted by Crippen LogP contribution is 2.17. The van der Waals surface area contributed by atoms with Crippen LogP contribution >= 0.6 is 0 Å². The van der Waals surface area contributed by atoms with Crippen molar-refractivity contribution in [2.45, 2.75) is 58.3 Å². The highest BCUT2D eigenvalue weighted by Gasteiger charge is 2.03. The molecule has 0 aliphatic rings. The molecule has 0 fully saturated rings. The van der Waals surface area contributed by atoms with Crippen LogP contribution in [0.3, 0.4) is 0 Å². The molecule has 1 unspecified atom stereocenters. The van der Waals surface area contributed by atoms with Gasteiger partial charge in [-0.05, 0) is 31.8 Å². The lowest BCUT2D eigenvalue weighted by atomic mass is 9.95. The summed E-state index contributed by atoms with van der Waals surface area (Å²) in [6.45, 7) is 3.98. The van der Waals surface area contributed by atoms with Gasteiger partial charge in [0.15, 0.2) is 0 Å². The summed E-state index contributed by atoms with van der Waals surface area (Å²) in [5, 5.41) is 0. The molecule has 86 valence electrons. The fourth-order valence-electron chi connectivity index (χ4n) is 1.90. The lowest BCUT2D eigenvalue weighted by Crippen LogP contribution is -2.07. The minimum Gasteiger partial charge on any atom is -0.330 e. The molecule has 2 nitrogen and oxygen atoms in total. The van der Waals surface area contributed by atoms with E-state index in [1.165, 1.54) is 51.4 Å². The quantitative estimate of drug-likeness (QED) is 0.533. The fraction of sp³-hybridized carbons (Fsp3) is 1.00. The summed E-state index contributed by atoms with van der Waals surface area (Å²) in [7, 11) is 0. The lowest BCUT2D eigenvalue weighted by molar-refractivity contribution is 0.417. The van der Waals surface area contributed by atoms with E-state index in [2.05, 4.69) is 6.92 Å². The Morgan fingerprint density at radius 2 is 1.43 bits per heavy atom. The molecule has 0 aromatic heterocycles. The van der Waals surface area contributed by atoms with E-state index in [0.29, 0.717) is 0 Å². The lowest BCUT2D eigenvalue weighted by Gasteiger charge is -2.12. The van der Waals surface area contributed by atoms with Crippen LogP contribution in [0.5, 0.6) is 0 Å². The Kier molecular flexibility index (Phi) is 10.9. The molecule has 0 amide bonds. The molecule has 0 rings (SSSR count). The van der Waals surface area contributed by atoms with Crippen LogP contribution in [0.25, 0.3) is 0 Å². The van der Waals surface area contributed by atoms with Gasteiger partial charge in [0.25, 0.3) is 0 Å². The third kappa shape index (κ3) is 8.52. The Hall–Kier alpha value is -0.0800. The van der Waals surface area contributed by atoms with Gasteiger partial charge in [0.2, 0.25) is 0 Å². The first-order valence-electron chi connectivity index (χ1n) is 6.25. The van der Waals surface area contributed by atoms with Crippen molar-refractivity contribution >= 4 is 0 Å². The summed E-state index contributed by atoms with van der Waals surface area (Å²) in [5.74, 6) is 0.870. The summed E-state index contributed by atoms with van der Waals surface area (Å²) in [4.78, 5) is 0. The molecule has 0 aromatic rings. The standard InChI is InChI=1S/C12H28N2/c1-2-12(9-11-14)8-6-4-3-5-7-10-13/h12H,2-11,13-14H2,1H3. The van der Waals surface area contributed by atoms with E-state index >= 15 is 0 Å². The number of rotatable bonds is 10. The maximum atomic E-state index is 5.56. The third-order valence-electron chi connectivity index (χ3n) is 2.97. The molecule has 0 aromatic carbocycles. The van der Waals surface area contributed by atoms with Crippen molar-refractivity contribution in [1.82, 2.24) is 0 Å². The molecule has 0 saturated carbocycles. The average Bonchev–Trinajstić information content (AvgIpc) is 2.21. The highest BCUT2D eigenvalue weighted by atomic mass is 14.5. The van der Waals surface area contributed by atoms with Crippen LogP contribution in [0.15, 0.2) is 0 Å². The van der Waals surface area contributed by atoms with Gasteiger partial charge in [0, 0.05) is 0 Å². The van der Waals surface area contributed by atoms with Gasteiger partial charge in [-0.2, -0.15) is 0 Å². The summed E-state index contributed by atoms with van der Waals surface area (Å²) < 4.78 is 0. The summed E-state index contributed by atoms with van der Waals surface area (Å²) in [6.07, 6.45) is 10.5. The van der Waals surface area contributed by atoms with Crippen LogP contribution in [-0.2, 0) is 0 Å². The van der Waals surface area contributed by atoms with Gasteiger partial charge >= 0.3 is 0 Å². The number of hydrogen-bond acceptors (Lipinski definition) is 2. The highest BCUT2D eigenvalue weighted by molar-refractivity contribution is 4.58. The molecule has 0 aliphatic carbocycles. The zero-order chi connectivity index (χ0) is 10.6. The molecule has 0 saturated heterocycles. The van der Waals surface area contributed by atoms with Crippen LogP contribution in [0.2, 0.25) is 0 Å². The van der Waals surface area contributed by atoms with Crippen LogP contribution in [0, 0.1) is 5.92 Å². The van der Waals surface area contributed by atoms with Crippen molar-refractivity contribution in [3.8, 4) is 0 Å². The van der Waals surface area contributed by atoms with E-state index in [9.17, 15) is 0 Å². The van der Waals surface area contributed by atoms with Crippen molar-refractivity contribution in [2.75, 3.05) is 13.1 Å². The molecule has 14 heavy (non-hydrogen) atoms. The van der Waals surface area contributed by atoms with E-state index < -0.39 is 0 Å². The maximum absolute atomic E-state index is 5.56. The van der Waals surface area contributed by atoms with E-state index in [4.69, 9.17) is 11.5 Å². The first-order chi connectivity index (χ1) is 6.85. The molecular formula is C12H28N2. The maximum Gasteiger partial charge on any atom is -0.00746 e. The molecule has 1 atom stereocenters. The van der Waals surface area contributed by atoms with Gasteiger partial charge in [0.05, 0.1) is 0 Å². The Morgan fingerprint density at radius 1 is 0.786 bits per heavy atom. The topological polar surface area (TPSA) is 52.0 Å². The van der Waals surface area contributed by atoms with Gasteiger partial charge in [-0.3, -0.25) is 0 Å². The van der Waals surface area contributed by atoms with Crippen molar-refractivity contribution in [2.24, 2.45) is 17.4 Å². The predicted molar refractivity (Wildman–Crippen MR) is 64.2 cm³/mol. The Bertz CT molecular complexity index is 104. The van der Waals surface area contributed by atoms with Crippen LogP contribution in [0.4, 0.5) is 0 Å². The predicted octanol–water partition coefficient (Wildman–Crippen LogP) is 2.66. The van der Waals surface area contributed by atoms with Crippen LogP contribution < -0.4 is 11.5 Å². The summed E-state index contributed by atoms with van der Waals surface area (Å²) >= 11 is 0. The van der Waals surface area contributed by atoms with Gasteiger partial charge in [0.1, 0.15) is 0 Å².